The van der Waals surface area contributed by atoms with E-state index in [1.54, 1.807) is 34.3 Å². The van der Waals surface area contributed by atoms with Crippen LogP contribution in [0.4, 0.5) is 5.13 Å². The van der Waals surface area contributed by atoms with E-state index in [9.17, 15) is 4.79 Å². The molecule has 0 unspecified atom stereocenters. The molecule has 0 aliphatic carbocycles. The molecule has 2 aromatic heterocycles. The van der Waals surface area contributed by atoms with Crippen molar-refractivity contribution in [2.75, 3.05) is 10.7 Å². The molecule has 4 nitrogen and oxygen atoms in total. The van der Waals surface area contributed by atoms with Crippen LogP contribution in [-0.2, 0) is 11.3 Å². The van der Waals surface area contributed by atoms with E-state index in [0.717, 1.165) is 33.3 Å². The molecule has 0 bridgehead atoms. The van der Waals surface area contributed by atoms with E-state index in [1.165, 1.54) is 10.5 Å². The van der Waals surface area contributed by atoms with E-state index in [1.807, 2.05) is 30.3 Å². The summed E-state index contributed by atoms with van der Waals surface area (Å²) >= 11 is 3.35. The average Bonchev–Trinajstić information content (AvgIpc) is 3.44. The molecular weight excluding hydrogens is 424 g/mol. The highest BCUT2D eigenvalue weighted by Gasteiger charge is 2.22. The molecule has 160 valence electrons. The number of hydrogen-bond donors (Lipinski definition) is 0. The van der Waals surface area contributed by atoms with Crippen molar-refractivity contribution in [3.63, 3.8) is 0 Å². The smallest absolute Gasteiger partial charge is 0.229 e. The Hall–Kier alpha value is -2.57. The minimum Gasteiger partial charge on any atom is -0.467 e. The monoisotopic (exact) mass is 450 g/mol. The molecule has 0 N–H and O–H groups in total. The normalized spacial score (nSPS) is 11.3. The number of carbonyl (C=O) groups excluding carboxylic acids is 1. The van der Waals surface area contributed by atoms with Gasteiger partial charge >= 0.3 is 0 Å². The van der Waals surface area contributed by atoms with Gasteiger partial charge in [-0.1, -0.05) is 55.5 Å². The molecule has 0 aliphatic rings. The standard InChI is InChI=1S/C25H26N2O2S2/c1-18(2)21-12-6-13-22-24(21)26-25(31-22)27(17-19-9-7-15-29-19)23(28)14-8-16-30-20-10-4-3-5-11-20/h3-7,9-13,15,18H,8,14,16-17H2,1-2H3. The van der Waals surface area contributed by atoms with Crippen LogP contribution in [0.1, 0.15) is 43.9 Å². The number of anilines is 1. The Morgan fingerprint density at radius 2 is 1.94 bits per heavy atom. The van der Waals surface area contributed by atoms with Crippen LogP contribution in [0.5, 0.6) is 0 Å². The molecule has 2 aromatic carbocycles. The summed E-state index contributed by atoms with van der Waals surface area (Å²) in [5.41, 5.74) is 2.21. The van der Waals surface area contributed by atoms with E-state index in [-0.39, 0.29) is 5.91 Å². The zero-order valence-electron chi connectivity index (χ0n) is 17.8. The predicted molar refractivity (Wildman–Crippen MR) is 130 cm³/mol. The topological polar surface area (TPSA) is 46.3 Å². The highest BCUT2D eigenvalue weighted by atomic mass is 32.2. The SMILES string of the molecule is CC(C)c1cccc2sc(N(Cc3ccco3)C(=O)CCCSc3ccccc3)nc12. The van der Waals surface area contributed by atoms with Crippen LogP contribution in [0.25, 0.3) is 10.2 Å². The number of amides is 1. The van der Waals surface area contributed by atoms with E-state index >= 15 is 0 Å². The van der Waals surface area contributed by atoms with Crippen LogP contribution in [0.15, 0.2) is 76.2 Å². The Morgan fingerprint density at radius 1 is 1.10 bits per heavy atom. The second kappa shape index (κ2) is 10.2. The third-order valence-electron chi connectivity index (χ3n) is 5.03. The number of para-hydroxylation sites is 1. The summed E-state index contributed by atoms with van der Waals surface area (Å²) in [5, 5.41) is 0.736. The Labute approximate surface area is 191 Å². The molecular formula is C25H26N2O2S2. The van der Waals surface area contributed by atoms with E-state index in [0.29, 0.717) is 18.9 Å². The number of thioether (sulfide) groups is 1. The van der Waals surface area contributed by atoms with Crippen LogP contribution in [0, 0.1) is 0 Å². The largest absolute Gasteiger partial charge is 0.467 e. The van der Waals surface area contributed by atoms with Crippen molar-refractivity contribution >= 4 is 44.4 Å². The van der Waals surface area contributed by atoms with Crippen LogP contribution < -0.4 is 4.90 Å². The van der Waals surface area contributed by atoms with Gasteiger partial charge in [0, 0.05) is 11.3 Å². The highest BCUT2D eigenvalue weighted by molar-refractivity contribution is 7.99. The number of fused-ring (bicyclic) bond motifs is 1. The quantitative estimate of drug-likeness (QED) is 0.201. The first kappa shape index (κ1) is 21.7. The van der Waals surface area contributed by atoms with Crippen molar-refractivity contribution in [3.05, 3.63) is 78.3 Å². The zero-order valence-corrected chi connectivity index (χ0v) is 19.4. The van der Waals surface area contributed by atoms with E-state index in [2.05, 4.69) is 44.2 Å². The maximum absolute atomic E-state index is 13.2. The highest BCUT2D eigenvalue weighted by Crippen LogP contribution is 2.34. The zero-order chi connectivity index (χ0) is 21.6. The molecule has 4 rings (SSSR count). The lowest BCUT2D eigenvalue weighted by molar-refractivity contribution is -0.118. The molecule has 0 fully saturated rings. The molecule has 4 aromatic rings. The Morgan fingerprint density at radius 3 is 2.68 bits per heavy atom. The lowest BCUT2D eigenvalue weighted by atomic mass is 10.0. The summed E-state index contributed by atoms with van der Waals surface area (Å²) in [6.07, 6.45) is 2.94. The number of thiazole rings is 1. The predicted octanol–water partition coefficient (Wildman–Crippen LogP) is 7.12. The summed E-state index contributed by atoms with van der Waals surface area (Å²) in [4.78, 5) is 21.1. The van der Waals surface area contributed by atoms with Gasteiger partial charge in [-0.25, -0.2) is 4.98 Å². The minimum atomic E-state index is 0.0789. The number of rotatable bonds is 9. The second-order valence-electron chi connectivity index (χ2n) is 7.67. The number of carbonyl (C=O) groups is 1. The first-order chi connectivity index (χ1) is 15.1. The second-order valence-corrected chi connectivity index (χ2v) is 9.85. The van der Waals surface area contributed by atoms with Crippen molar-refractivity contribution < 1.29 is 9.21 Å². The summed E-state index contributed by atoms with van der Waals surface area (Å²) in [5.74, 6) is 2.12. The van der Waals surface area contributed by atoms with Crippen molar-refractivity contribution in [2.45, 2.75) is 44.0 Å². The van der Waals surface area contributed by atoms with Gasteiger partial charge in [0.2, 0.25) is 5.91 Å². The lowest BCUT2D eigenvalue weighted by Gasteiger charge is -2.18. The maximum Gasteiger partial charge on any atom is 0.229 e. The van der Waals surface area contributed by atoms with Gasteiger partial charge in [0.1, 0.15) is 5.76 Å². The molecule has 6 heteroatoms. The molecule has 1 amide bonds. The van der Waals surface area contributed by atoms with Gasteiger partial charge in [-0.15, -0.1) is 11.8 Å². The van der Waals surface area contributed by atoms with Gasteiger partial charge < -0.3 is 4.42 Å². The van der Waals surface area contributed by atoms with Crippen LogP contribution in [0.3, 0.4) is 0 Å². The fraction of sp³-hybridized carbons (Fsp3) is 0.280. The van der Waals surface area contributed by atoms with Crippen LogP contribution in [0.2, 0.25) is 0 Å². The van der Waals surface area contributed by atoms with Gasteiger partial charge in [0.15, 0.2) is 5.13 Å². The molecule has 0 aliphatic heterocycles. The van der Waals surface area contributed by atoms with E-state index in [4.69, 9.17) is 9.40 Å². The van der Waals surface area contributed by atoms with Gasteiger partial charge in [0.25, 0.3) is 0 Å². The molecule has 31 heavy (non-hydrogen) atoms. The van der Waals surface area contributed by atoms with Gasteiger partial charge in [0.05, 0.1) is 23.0 Å². The van der Waals surface area contributed by atoms with Crippen molar-refractivity contribution in [1.82, 2.24) is 4.98 Å². The molecule has 2 heterocycles. The first-order valence-electron chi connectivity index (χ1n) is 10.5. The molecule has 0 saturated heterocycles. The van der Waals surface area contributed by atoms with E-state index < -0.39 is 0 Å². The number of aromatic nitrogens is 1. The fourth-order valence-corrected chi connectivity index (χ4v) is 5.32. The third kappa shape index (κ3) is 5.38. The van der Waals surface area contributed by atoms with Gasteiger partial charge in [-0.3, -0.25) is 9.69 Å². The number of hydrogen-bond acceptors (Lipinski definition) is 5. The number of furan rings is 1. The molecule has 0 radical (unpaired) electrons. The first-order valence-corrected chi connectivity index (χ1v) is 12.3. The number of nitrogens with zero attached hydrogens (tertiary/aromatic N) is 2. The molecule has 0 saturated carbocycles. The maximum atomic E-state index is 13.2. The summed E-state index contributed by atoms with van der Waals surface area (Å²) in [6, 6.07) is 20.3. The minimum absolute atomic E-state index is 0.0789. The van der Waals surface area contributed by atoms with Gasteiger partial charge in [-0.05, 0) is 54.0 Å². The van der Waals surface area contributed by atoms with Gasteiger partial charge in [-0.2, -0.15) is 0 Å². The summed E-state index contributed by atoms with van der Waals surface area (Å²) in [6.45, 7) is 4.74. The van der Waals surface area contributed by atoms with Crippen LogP contribution in [-0.4, -0.2) is 16.6 Å². The van der Waals surface area contributed by atoms with Crippen molar-refractivity contribution in [2.24, 2.45) is 0 Å². The number of benzene rings is 2. The summed E-state index contributed by atoms with van der Waals surface area (Å²) in [7, 11) is 0. The Kier molecular flexibility index (Phi) is 7.10. The summed E-state index contributed by atoms with van der Waals surface area (Å²) < 4.78 is 6.64. The average molecular weight is 451 g/mol. The fourth-order valence-electron chi connectivity index (χ4n) is 3.43. The van der Waals surface area contributed by atoms with Crippen molar-refractivity contribution in [3.8, 4) is 0 Å². The Balaban J connectivity index is 1.51. The molecule has 0 atom stereocenters. The van der Waals surface area contributed by atoms with Crippen molar-refractivity contribution in [1.29, 1.82) is 0 Å². The Bertz CT molecular complexity index is 1120. The molecule has 0 spiro atoms. The van der Waals surface area contributed by atoms with Crippen LogP contribution >= 0.6 is 23.1 Å². The lowest BCUT2D eigenvalue weighted by Crippen LogP contribution is -2.30. The third-order valence-corrected chi connectivity index (χ3v) is 7.18.